The Labute approximate surface area is 175 Å². The molecule has 1 saturated heterocycles. The van der Waals surface area contributed by atoms with E-state index in [4.69, 9.17) is 9.47 Å². The van der Waals surface area contributed by atoms with Gasteiger partial charge in [0.05, 0.1) is 12.8 Å². The minimum Gasteiger partial charge on any atom is -0.497 e. The molecule has 1 fully saturated rings. The van der Waals surface area contributed by atoms with Crippen molar-refractivity contribution < 1.29 is 14.3 Å². The molecular formula is C23H24N4O3. The molecule has 1 aliphatic heterocycles. The van der Waals surface area contributed by atoms with Crippen molar-refractivity contribution in [3.63, 3.8) is 0 Å². The van der Waals surface area contributed by atoms with Crippen molar-refractivity contribution in [2.75, 3.05) is 38.2 Å². The van der Waals surface area contributed by atoms with E-state index in [1.165, 1.54) is 0 Å². The molecule has 1 aromatic heterocycles. The Bertz CT molecular complexity index is 998. The van der Waals surface area contributed by atoms with Crippen molar-refractivity contribution in [3.8, 4) is 17.4 Å². The summed E-state index contributed by atoms with van der Waals surface area (Å²) in [5, 5.41) is 7.99. The lowest BCUT2D eigenvalue weighted by Crippen LogP contribution is -2.48. The number of ether oxygens (including phenoxy) is 2. The van der Waals surface area contributed by atoms with Gasteiger partial charge >= 0.3 is 0 Å². The summed E-state index contributed by atoms with van der Waals surface area (Å²) in [4.78, 5) is 17.1. The van der Waals surface area contributed by atoms with E-state index in [0.717, 1.165) is 30.2 Å². The van der Waals surface area contributed by atoms with Gasteiger partial charge in [-0.25, -0.2) is 0 Å². The first kappa shape index (κ1) is 19.7. The van der Waals surface area contributed by atoms with Gasteiger partial charge in [0.2, 0.25) is 5.88 Å². The van der Waals surface area contributed by atoms with Gasteiger partial charge in [-0.3, -0.25) is 4.79 Å². The van der Waals surface area contributed by atoms with Gasteiger partial charge in [-0.05, 0) is 55.5 Å². The molecule has 2 aromatic carbocycles. The van der Waals surface area contributed by atoms with Crippen molar-refractivity contribution >= 4 is 11.6 Å². The highest BCUT2D eigenvalue weighted by Crippen LogP contribution is 2.23. The molecule has 2 heterocycles. The van der Waals surface area contributed by atoms with Crippen LogP contribution in [0.1, 0.15) is 16.1 Å². The summed E-state index contributed by atoms with van der Waals surface area (Å²) in [6.45, 7) is 4.77. The van der Waals surface area contributed by atoms with E-state index in [1.807, 2.05) is 54.3 Å². The van der Waals surface area contributed by atoms with Gasteiger partial charge in [0.1, 0.15) is 11.5 Å². The van der Waals surface area contributed by atoms with Gasteiger partial charge in [-0.15, -0.1) is 5.10 Å². The molecule has 0 atom stereocenters. The standard InChI is InChI=1S/C23H24N4O3/c1-17-6-11-22(25-24-17)30-21-5-3-4-18(16-21)23(28)27-14-12-26(13-15-27)19-7-9-20(29-2)10-8-19/h3-11,16H,12-15H2,1-2H3. The Balaban J connectivity index is 1.38. The quantitative estimate of drug-likeness (QED) is 0.648. The molecule has 4 rings (SSSR count). The van der Waals surface area contributed by atoms with Crippen LogP contribution in [0, 0.1) is 6.92 Å². The molecule has 0 radical (unpaired) electrons. The SMILES string of the molecule is COc1ccc(N2CCN(C(=O)c3cccc(Oc4ccc(C)nn4)c3)CC2)cc1. The first-order chi connectivity index (χ1) is 14.6. The number of carbonyl (C=O) groups excluding carboxylic acids is 1. The number of hydrogen-bond acceptors (Lipinski definition) is 6. The second kappa shape index (κ2) is 8.82. The molecule has 0 saturated carbocycles. The third kappa shape index (κ3) is 4.51. The van der Waals surface area contributed by atoms with Crippen molar-refractivity contribution in [2.45, 2.75) is 6.92 Å². The number of methoxy groups -OCH3 is 1. The lowest BCUT2D eigenvalue weighted by molar-refractivity contribution is 0.0746. The molecule has 1 amide bonds. The monoisotopic (exact) mass is 404 g/mol. The maximum Gasteiger partial charge on any atom is 0.254 e. The molecule has 3 aromatic rings. The Morgan fingerprint density at radius 2 is 1.67 bits per heavy atom. The molecule has 7 heteroatoms. The van der Waals surface area contributed by atoms with Gasteiger partial charge in [-0.1, -0.05) is 6.07 Å². The fraction of sp³-hybridized carbons (Fsp3) is 0.261. The Kier molecular flexibility index (Phi) is 5.79. The number of benzene rings is 2. The lowest BCUT2D eigenvalue weighted by atomic mass is 10.1. The van der Waals surface area contributed by atoms with Gasteiger partial charge in [-0.2, -0.15) is 5.10 Å². The Hall–Kier alpha value is -3.61. The summed E-state index contributed by atoms with van der Waals surface area (Å²) in [7, 11) is 1.66. The fourth-order valence-corrected chi connectivity index (χ4v) is 3.40. The van der Waals surface area contributed by atoms with Crippen LogP contribution in [0.25, 0.3) is 0 Å². The average Bonchev–Trinajstić information content (AvgIpc) is 2.80. The minimum atomic E-state index is 0.00446. The topological polar surface area (TPSA) is 67.8 Å². The van der Waals surface area contributed by atoms with E-state index < -0.39 is 0 Å². The molecule has 0 N–H and O–H groups in total. The summed E-state index contributed by atoms with van der Waals surface area (Å²) in [6.07, 6.45) is 0. The lowest BCUT2D eigenvalue weighted by Gasteiger charge is -2.36. The predicted octanol–water partition coefficient (Wildman–Crippen LogP) is 3.55. The number of rotatable bonds is 5. The number of carbonyl (C=O) groups is 1. The van der Waals surface area contributed by atoms with Crippen LogP contribution in [-0.4, -0.2) is 54.3 Å². The zero-order valence-corrected chi connectivity index (χ0v) is 17.1. The van der Waals surface area contributed by atoms with Gasteiger partial charge in [0.15, 0.2) is 0 Å². The molecule has 0 bridgehead atoms. The highest BCUT2D eigenvalue weighted by Gasteiger charge is 2.22. The average molecular weight is 404 g/mol. The molecule has 0 unspecified atom stereocenters. The number of nitrogens with zero attached hydrogens (tertiary/aromatic N) is 4. The van der Waals surface area contributed by atoms with Crippen LogP contribution in [0.4, 0.5) is 5.69 Å². The molecule has 0 aliphatic carbocycles. The molecule has 7 nitrogen and oxygen atoms in total. The van der Waals surface area contributed by atoms with E-state index in [2.05, 4.69) is 15.1 Å². The third-order valence-electron chi connectivity index (χ3n) is 5.08. The molecule has 1 aliphatic rings. The van der Waals surface area contributed by atoms with Crippen LogP contribution in [0.5, 0.6) is 17.4 Å². The van der Waals surface area contributed by atoms with E-state index >= 15 is 0 Å². The first-order valence-corrected chi connectivity index (χ1v) is 9.89. The van der Waals surface area contributed by atoms with Crippen molar-refractivity contribution in [2.24, 2.45) is 0 Å². The first-order valence-electron chi connectivity index (χ1n) is 9.89. The van der Waals surface area contributed by atoms with Crippen LogP contribution in [0.3, 0.4) is 0 Å². The van der Waals surface area contributed by atoms with Crippen LogP contribution in [0.15, 0.2) is 60.7 Å². The summed E-state index contributed by atoms with van der Waals surface area (Å²) < 4.78 is 11.0. The Morgan fingerprint density at radius 3 is 2.33 bits per heavy atom. The zero-order valence-electron chi connectivity index (χ0n) is 17.1. The van der Waals surface area contributed by atoms with Crippen LogP contribution in [0.2, 0.25) is 0 Å². The normalized spacial score (nSPS) is 13.8. The molecule has 154 valence electrons. The Morgan fingerprint density at radius 1 is 0.900 bits per heavy atom. The number of amides is 1. The van der Waals surface area contributed by atoms with Crippen molar-refractivity contribution in [3.05, 3.63) is 71.9 Å². The second-order valence-corrected chi connectivity index (χ2v) is 7.12. The number of hydrogen-bond donors (Lipinski definition) is 0. The summed E-state index contributed by atoms with van der Waals surface area (Å²) in [6, 6.07) is 18.8. The fourth-order valence-electron chi connectivity index (χ4n) is 3.40. The maximum atomic E-state index is 13.0. The van der Waals surface area contributed by atoms with Crippen LogP contribution in [-0.2, 0) is 0 Å². The molecule has 30 heavy (non-hydrogen) atoms. The number of aromatic nitrogens is 2. The van der Waals surface area contributed by atoms with Gasteiger partial charge < -0.3 is 19.3 Å². The van der Waals surface area contributed by atoms with Crippen LogP contribution < -0.4 is 14.4 Å². The van der Waals surface area contributed by atoms with Gasteiger partial charge in [0.25, 0.3) is 5.91 Å². The van der Waals surface area contributed by atoms with E-state index in [9.17, 15) is 4.79 Å². The summed E-state index contributed by atoms with van der Waals surface area (Å²) >= 11 is 0. The predicted molar refractivity (Wildman–Crippen MR) is 114 cm³/mol. The molecular weight excluding hydrogens is 380 g/mol. The van der Waals surface area contributed by atoms with E-state index in [0.29, 0.717) is 30.3 Å². The van der Waals surface area contributed by atoms with Crippen molar-refractivity contribution in [1.29, 1.82) is 0 Å². The summed E-state index contributed by atoms with van der Waals surface area (Å²) in [5.41, 5.74) is 2.56. The largest absolute Gasteiger partial charge is 0.497 e. The number of aryl methyl sites for hydroxylation is 1. The second-order valence-electron chi connectivity index (χ2n) is 7.12. The zero-order chi connectivity index (χ0) is 20.9. The smallest absolute Gasteiger partial charge is 0.254 e. The minimum absolute atomic E-state index is 0.00446. The molecule has 0 spiro atoms. The van der Waals surface area contributed by atoms with E-state index in [1.54, 1.807) is 25.3 Å². The van der Waals surface area contributed by atoms with Crippen molar-refractivity contribution in [1.82, 2.24) is 15.1 Å². The number of anilines is 1. The highest BCUT2D eigenvalue weighted by atomic mass is 16.5. The van der Waals surface area contributed by atoms with Crippen LogP contribution >= 0.6 is 0 Å². The summed E-state index contributed by atoms with van der Waals surface area (Å²) in [5.74, 6) is 1.81. The maximum absolute atomic E-state index is 13.0. The third-order valence-corrected chi connectivity index (χ3v) is 5.08. The van der Waals surface area contributed by atoms with E-state index in [-0.39, 0.29) is 5.91 Å². The van der Waals surface area contributed by atoms with Gasteiger partial charge in [0, 0.05) is 43.5 Å². The highest BCUT2D eigenvalue weighted by molar-refractivity contribution is 5.94. The number of piperazine rings is 1.